The van der Waals surface area contributed by atoms with E-state index in [9.17, 15) is 14.0 Å². The van der Waals surface area contributed by atoms with E-state index >= 15 is 0 Å². The maximum atomic E-state index is 14.0. The minimum atomic E-state index is -0.653. The fourth-order valence-corrected chi connectivity index (χ4v) is 3.57. The lowest BCUT2D eigenvalue weighted by Crippen LogP contribution is -2.12. The molecule has 7 heteroatoms. The Morgan fingerprint density at radius 2 is 1.77 bits per heavy atom. The molecule has 0 radical (unpaired) electrons. The summed E-state index contributed by atoms with van der Waals surface area (Å²) in [5.74, 6) is -0.935. The molecule has 0 aliphatic heterocycles. The first-order valence-electron chi connectivity index (χ1n) is 9.23. The molecule has 0 aliphatic carbocycles. The smallest absolute Gasteiger partial charge is 0.150 e. The highest BCUT2D eigenvalue weighted by Crippen LogP contribution is 2.37. The van der Waals surface area contributed by atoms with Gasteiger partial charge in [0.15, 0.2) is 0 Å². The summed E-state index contributed by atoms with van der Waals surface area (Å²) < 4.78 is 28.0. The van der Waals surface area contributed by atoms with Crippen LogP contribution in [-0.2, 0) is 0 Å². The Hall–Kier alpha value is -4.05. The van der Waals surface area contributed by atoms with E-state index in [2.05, 4.69) is 15.3 Å². The van der Waals surface area contributed by atoms with Gasteiger partial charge < -0.3 is 11.1 Å². The van der Waals surface area contributed by atoms with Crippen molar-refractivity contribution in [3.8, 4) is 17.2 Å². The minimum absolute atomic E-state index is 0.0770. The molecule has 0 saturated heterocycles. The molecular formula is C23H17F2N5. The third-order valence-electron chi connectivity index (χ3n) is 4.92. The molecule has 3 N–H and O–H groups in total. The molecule has 0 amide bonds. The predicted octanol–water partition coefficient (Wildman–Crippen LogP) is 5.20. The molecule has 0 fully saturated rings. The summed E-state index contributed by atoms with van der Waals surface area (Å²) in [4.78, 5) is 7.96. The molecule has 1 unspecified atom stereocenters. The first-order valence-corrected chi connectivity index (χ1v) is 9.23. The molecule has 0 spiro atoms. The second kappa shape index (κ2) is 7.76. The summed E-state index contributed by atoms with van der Waals surface area (Å²) in [6, 6.07) is 16.6. The molecule has 5 nitrogen and oxygen atoms in total. The van der Waals surface area contributed by atoms with Crippen LogP contribution in [0.15, 0.2) is 60.9 Å². The van der Waals surface area contributed by atoms with Crippen LogP contribution in [0.4, 0.5) is 20.4 Å². The Labute approximate surface area is 171 Å². The summed E-state index contributed by atoms with van der Waals surface area (Å²) in [6.07, 6.45) is 1.27. The molecule has 0 saturated carbocycles. The van der Waals surface area contributed by atoms with Crippen LogP contribution in [0, 0.1) is 23.0 Å². The number of halogens is 2. The maximum Gasteiger partial charge on any atom is 0.150 e. The van der Waals surface area contributed by atoms with Gasteiger partial charge in [0.1, 0.15) is 41.2 Å². The first kappa shape index (κ1) is 19.3. The van der Waals surface area contributed by atoms with Crippen LogP contribution in [-0.4, -0.2) is 9.97 Å². The van der Waals surface area contributed by atoms with Crippen molar-refractivity contribution >= 4 is 22.4 Å². The lowest BCUT2D eigenvalue weighted by Gasteiger charge is -2.21. The van der Waals surface area contributed by atoms with Gasteiger partial charge in [-0.3, -0.25) is 0 Å². The normalized spacial score (nSPS) is 11.8. The quantitative estimate of drug-likeness (QED) is 0.491. The number of nitrogen functional groups attached to an aromatic ring is 1. The van der Waals surface area contributed by atoms with Crippen LogP contribution >= 0.6 is 0 Å². The molecule has 1 aromatic heterocycles. The van der Waals surface area contributed by atoms with Gasteiger partial charge in [-0.1, -0.05) is 36.4 Å². The third kappa shape index (κ3) is 3.51. The Balaban J connectivity index is 1.89. The molecule has 1 heterocycles. The van der Waals surface area contributed by atoms with Gasteiger partial charge in [0.25, 0.3) is 0 Å². The van der Waals surface area contributed by atoms with Gasteiger partial charge in [0, 0.05) is 6.07 Å². The number of nitrogens with two attached hydrogens (primary N) is 1. The number of hydrogen-bond donors (Lipinski definition) is 2. The highest BCUT2D eigenvalue weighted by atomic mass is 19.1. The van der Waals surface area contributed by atoms with Gasteiger partial charge in [0.2, 0.25) is 0 Å². The second-order valence-corrected chi connectivity index (χ2v) is 6.87. The van der Waals surface area contributed by atoms with Crippen molar-refractivity contribution in [1.82, 2.24) is 9.97 Å². The number of nitriles is 1. The summed E-state index contributed by atoms with van der Waals surface area (Å²) in [7, 11) is 0. The molecule has 0 aliphatic rings. The zero-order chi connectivity index (χ0) is 21.3. The van der Waals surface area contributed by atoms with Gasteiger partial charge in [-0.15, -0.1) is 0 Å². The van der Waals surface area contributed by atoms with Crippen molar-refractivity contribution in [3.05, 3.63) is 83.7 Å². The summed E-state index contributed by atoms with van der Waals surface area (Å²) in [5, 5.41) is 14.4. The fraction of sp³-hybridized carbons (Fsp3) is 0.0870. The number of benzene rings is 3. The van der Waals surface area contributed by atoms with Crippen molar-refractivity contribution < 1.29 is 8.78 Å². The van der Waals surface area contributed by atoms with E-state index in [0.717, 1.165) is 22.4 Å². The van der Waals surface area contributed by atoms with Crippen molar-refractivity contribution in [2.45, 2.75) is 13.0 Å². The predicted molar refractivity (Wildman–Crippen MR) is 112 cm³/mol. The monoisotopic (exact) mass is 401 g/mol. The zero-order valence-corrected chi connectivity index (χ0v) is 16.0. The number of rotatable bonds is 4. The number of aromatic nitrogens is 2. The molecule has 148 valence electrons. The minimum Gasteiger partial charge on any atom is -0.382 e. The van der Waals surface area contributed by atoms with Gasteiger partial charge >= 0.3 is 0 Å². The summed E-state index contributed by atoms with van der Waals surface area (Å²) >= 11 is 0. The lowest BCUT2D eigenvalue weighted by atomic mass is 9.90. The van der Waals surface area contributed by atoms with Gasteiger partial charge in [0.05, 0.1) is 6.04 Å². The van der Waals surface area contributed by atoms with E-state index in [-0.39, 0.29) is 17.4 Å². The van der Waals surface area contributed by atoms with Crippen molar-refractivity contribution in [3.63, 3.8) is 0 Å². The van der Waals surface area contributed by atoms with Crippen LogP contribution < -0.4 is 11.1 Å². The highest BCUT2D eigenvalue weighted by Gasteiger charge is 2.19. The van der Waals surface area contributed by atoms with E-state index in [1.165, 1.54) is 18.5 Å². The van der Waals surface area contributed by atoms with Gasteiger partial charge in [-0.2, -0.15) is 5.26 Å². The maximum absolute atomic E-state index is 14.0. The van der Waals surface area contributed by atoms with E-state index in [1.54, 1.807) is 0 Å². The van der Waals surface area contributed by atoms with Crippen LogP contribution in [0.25, 0.3) is 21.9 Å². The second-order valence-electron chi connectivity index (χ2n) is 6.87. The SMILES string of the molecule is CC(Nc1ncnc(N)c1C#N)c1ccc2ccccc2c1-c1cc(F)cc(F)c1. The topological polar surface area (TPSA) is 87.6 Å². The number of nitrogens with zero attached hydrogens (tertiary/aromatic N) is 3. The Morgan fingerprint density at radius 1 is 1.03 bits per heavy atom. The largest absolute Gasteiger partial charge is 0.382 e. The molecule has 3 aromatic carbocycles. The number of anilines is 2. The molecular weight excluding hydrogens is 384 g/mol. The average Bonchev–Trinajstić information content (AvgIpc) is 2.72. The van der Waals surface area contributed by atoms with Crippen LogP contribution in [0.1, 0.15) is 24.1 Å². The molecule has 4 rings (SSSR count). The number of hydrogen-bond acceptors (Lipinski definition) is 5. The van der Waals surface area contributed by atoms with Gasteiger partial charge in [-0.05, 0) is 46.5 Å². The van der Waals surface area contributed by atoms with Crippen molar-refractivity contribution in [2.24, 2.45) is 0 Å². The number of fused-ring (bicyclic) bond motifs is 1. The summed E-state index contributed by atoms with van der Waals surface area (Å²) in [6.45, 7) is 1.88. The van der Waals surface area contributed by atoms with E-state index < -0.39 is 11.6 Å². The zero-order valence-electron chi connectivity index (χ0n) is 16.0. The highest BCUT2D eigenvalue weighted by molar-refractivity contribution is 5.98. The third-order valence-corrected chi connectivity index (χ3v) is 4.92. The van der Waals surface area contributed by atoms with E-state index in [1.807, 2.05) is 49.4 Å². The van der Waals surface area contributed by atoms with Crippen LogP contribution in [0.3, 0.4) is 0 Å². The summed E-state index contributed by atoms with van der Waals surface area (Å²) in [5.41, 5.74) is 7.84. The molecule has 1 atom stereocenters. The van der Waals surface area contributed by atoms with E-state index in [0.29, 0.717) is 16.9 Å². The average molecular weight is 401 g/mol. The van der Waals surface area contributed by atoms with Crippen molar-refractivity contribution in [1.29, 1.82) is 5.26 Å². The standard InChI is InChI=1S/C23H17F2N5/c1-13(30-23-20(11-26)22(27)28-12-29-23)18-7-6-14-4-2-3-5-19(14)21(18)15-8-16(24)10-17(25)9-15/h2-10,12-13H,1H3,(H3,27,28,29,30). The van der Waals surface area contributed by atoms with E-state index in [4.69, 9.17) is 5.73 Å². The molecule has 30 heavy (non-hydrogen) atoms. The fourth-order valence-electron chi connectivity index (χ4n) is 3.57. The van der Waals surface area contributed by atoms with Crippen LogP contribution in [0.2, 0.25) is 0 Å². The Morgan fingerprint density at radius 3 is 2.50 bits per heavy atom. The van der Waals surface area contributed by atoms with Gasteiger partial charge in [-0.25, -0.2) is 18.7 Å². The Kier molecular flexibility index (Phi) is 4.98. The number of nitrogens with one attached hydrogen (secondary N) is 1. The lowest BCUT2D eigenvalue weighted by molar-refractivity contribution is 0.584. The Bertz CT molecular complexity index is 1280. The molecule has 0 bridgehead atoms. The first-order chi connectivity index (χ1) is 14.5. The molecule has 4 aromatic rings. The van der Waals surface area contributed by atoms with Crippen LogP contribution in [0.5, 0.6) is 0 Å². The van der Waals surface area contributed by atoms with Crippen molar-refractivity contribution in [2.75, 3.05) is 11.1 Å².